The summed E-state index contributed by atoms with van der Waals surface area (Å²) in [5, 5.41) is 0. The van der Waals surface area contributed by atoms with Gasteiger partial charge in [0.15, 0.2) is 0 Å². The van der Waals surface area contributed by atoms with Crippen LogP contribution < -0.4 is 0 Å². The van der Waals surface area contributed by atoms with Gasteiger partial charge >= 0.3 is 315 Å². The van der Waals surface area contributed by atoms with E-state index in [0.29, 0.717) is 0 Å². The van der Waals surface area contributed by atoms with E-state index in [4.69, 9.17) is 0 Å². The van der Waals surface area contributed by atoms with Gasteiger partial charge in [0, 0.05) is 0 Å². The van der Waals surface area contributed by atoms with Gasteiger partial charge in [-0.25, -0.2) is 0 Å². The van der Waals surface area contributed by atoms with Gasteiger partial charge in [0.05, 0.1) is 0 Å². The number of Topliss-reactive ketones (excluding diaryl/α,β-unsaturated/α-hetero) is 2. The molecular weight excluding hydrogens is 687 g/mol. The molecule has 0 fully saturated rings. The first-order valence-corrected chi connectivity index (χ1v) is 19.9. The maximum atomic E-state index is 14.0. The molecule has 2 nitrogen and oxygen atoms in total. The number of allylic oxidation sites excluding steroid dienone is 10. The molecule has 0 saturated heterocycles. The van der Waals surface area contributed by atoms with Gasteiger partial charge in [-0.3, -0.25) is 0 Å². The number of rotatable bonds is 4. The molecule has 2 aliphatic carbocycles. The van der Waals surface area contributed by atoms with Crippen LogP contribution in [0.4, 0.5) is 0 Å². The molecule has 2 aromatic carbocycles. The Hall–Kier alpha value is -3.78. The van der Waals surface area contributed by atoms with Crippen LogP contribution in [0.2, 0.25) is 0 Å². The summed E-state index contributed by atoms with van der Waals surface area (Å²) in [6.45, 7) is 29.9. The second kappa shape index (κ2) is 13.6. The zero-order valence-corrected chi connectivity index (χ0v) is 35.0. The molecule has 0 unspecified atom stereocenters. The second-order valence-electron chi connectivity index (χ2n) is 18.5. The first-order chi connectivity index (χ1) is 23.5. The Morgan fingerprint density at radius 2 is 0.745 bits per heavy atom. The minimum atomic E-state index is -0.307. The van der Waals surface area contributed by atoms with Crippen LogP contribution in [0.25, 0.3) is 11.1 Å². The van der Waals surface area contributed by atoms with Crippen molar-refractivity contribution in [2.45, 2.75) is 96.9 Å². The molecule has 5 rings (SSSR count). The van der Waals surface area contributed by atoms with Crippen LogP contribution in [-0.4, -0.2) is 26.1 Å². The van der Waals surface area contributed by atoms with Crippen LogP contribution in [0.3, 0.4) is 0 Å². The molecule has 0 spiro atoms. The van der Waals surface area contributed by atoms with Crippen LogP contribution in [0.15, 0.2) is 118 Å². The third kappa shape index (κ3) is 8.16. The topological polar surface area (TPSA) is 34.1 Å². The summed E-state index contributed by atoms with van der Waals surface area (Å²) < 4.78 is 2.55. The predicted molar refractivity (Wildman–Crippen MR) is 218 cm³/mol. The molecule has 0 bridgehead atoms. The Bertz CT molecular complexity index is 1880. The second-order valence-corrected chi connectivity index (χ2v) is 20.7. The summed E-state index contributed by atoms with van der Waals surface area (Å²) in [6, 6.07) is 22.1. The third-order valence-corrected chi connectivity index (χ3v) is 12.0. The summed E-state index contributed by atoms with van der Waals surface area (Å²) in [6.07, 6.45) is 8.64. The summed E-state index contributed by atoms with van der Waals surface area (Å²) in [5.74, 6) is 0.293. The fourth-order valence-electron chi connectivity index (χ4n) is 6.88. The van der Waals surface area contributed by atoms with E-state index in [9.17, 15) is 9.59 Å². The van der Waals surface area contributed by atoms with E-state index < -0.39 is 0 Å². The number of carbonyl (C=O) groups is 2. The Kier molecular flexibility index (Phi) is 10.3. The average Bonchev–Trinajstić information content (AvgIpc) is 3.45. The summed E-state index contributed by atoms with van der Waals surface area (Å²) >= 11 is -0.0714. The zero-order valence-electron chi connectivity index (χ0n) is 33.3. The van der Waals surface area contributed by atoms with Gasteiger partial charge in [-0.1, -0.05) is 0 Å². The van der Waals surface area contributed by atoms with Crippen LogP contribution in [-0.2, 0) is 9.59 Å². The predicted octanol–water partition coefficient (Wildman–Crippen LogP) is 12.0. The average molecular weight is 744 g/mol. The van der Waals surface area contributed by atoms with E-state index in [0.717, 1.165) is 44.6 Å². The molecule has 0 aliphatic heterocycles. The number of ketones is 2. The molecule has 51 heavy (non-hydrogen) atoms. The van der Waals surface area contributed by atoms with Crippen molar-refractivity contribution in [3.63, 3.8) is 0 Å². The van der Waals surface area contributed by atoms with Gasteiger partial charge in [-0.15, -0.1) is 0 Å². The molecule has 3 heteroatoms. The van der Waals surface area contributed by atoms with E-state index in [1.165, 1.54) is 31.1 Å². The summed E-state index contributed by atoms with van der Waals surface area (Å²) in [4.78, 5) is 28.0. The molecule has 3 aromatic rings. The fourth-order valence-corrected chi connectivity index (χ4v) is 9.37. The standard InChI is InChI=1S/C48H56O2Se/c1-29-17-15-19-31(23-29)41(33-25-35(45(3,4)5)43(49)36(26-33)46(6,7)8)39-21-22-40(51-39)42(32-20-16-18-30(2)24-32)34-27-37(47(9,10)11)44(50)38(28-34)48(12,13)14/h15-28H,1-14H3. The van der Waals surface area contributed by atoms with Gasteiger partial charge in [0.2, 0.25) is 0 Å². The molecule has 266 valence electrons. The molecule has 0 N–H and O–H groups in total. The zero-order chi connectivity index (χ0) is 37.8. The van der Waals surface area contributed by atoms with Gasteiger partial charge in [-0.05, 0) is 0 Å². The van der Waals surface area contributed by atoms with E-state index in [2.05, 4.69) is 182 Å². The SMILES string of the molecule is Cc1cccc(C(=C2C=C(C(C)(C)C)C(=O)C(C(C)(C)C)=C2)c2ccc(C(=C3C=C(C(C)(C)C)C(=O)C(C(C)(C)C)=C3)c3cccc(C)c3)[se]2)c1. The van der Waals surface area contributed by atoms with Crippen LogP contribution in [0, 0.1) is 35.5 Å². The van der Waals surface area contributed by atoms with Crippen LogP contribution >= 0.6 is 0 Å². The van der Waals surface area contributed by atoms with E-state index in [1.54, 1.807) is 0 Å². The monoisotopic (exact) mass is 744 g/mol. The molecular formula is C48H56O2Se. The molecule has 1 heterocycles. The minimum absolute atomic E-state index is 0.0714. The van der Waals surface area contributed by atoms with Gasteiger partial charge in [0.25, 0.3) is 0 Å². The first-order valence-electron chi connectivity index (χ1n) is 18.2. The Balaban J connectivity index is 1.88. The fraction of sp³-hybridized carbons (Fsp3) is 0.375. The number of benzene rings is 2. The normalized spacial score (nSPS) is 16.1. The molecule has 0 atom stereocenters. The van der Waals surface area contributed by atoms with Crippen molar-refractivity contribution in [1.82, 2.24) is 0 Å². The molecule has 0 radical (unpaired) electrons. The third-order valence-electron chi connectivity index (χ3n) is 9.70. The Morgan fingerprint density at radius 1 is 0.451 bits per heavy atom. The Labute approximate surface area is 313 Å². The van der Waals surface area contributed by atoms with Crippen molar-refractivity contribution >= 4 is 37.2 Å². The van der Waals surface area contributed by atoms with E-state index >= 15 is 0 Å². The maximum absolute atomic E-state index is 14.0. The van der Waals surface area contributed by atoms with Gasteiger partial charge < -0.3 is 0 Å². The first kappa shape index (κ1) is 38.5. The quantitative estimate of drug-likeness (QED) is 0.249. The molecule has 0 amide bonds. The van der Waals surface area contributed by atoms with Gasteiger partial charge in [0.1, 0.15) is 0 Å². The van der Waals surface area contributed by atoms with E-state index in [-0.39, 0.29) is 47.7 Å². The number of hydrogen-bond acceptors (Lipinski definition) is 2. The van der Waals surface area contributed by atoms with E-state index in [1.807, 2.05) is 0 Å². The summed E-state index contributed by atoms with van der Waals surface area (Å²) in [5.41, 5.74) is 11.5. The van der Waals surface area contributed by atoms with Crippen molar-refractivity contribution in [3.8, 4) is 0 Å². The molecule has 2 aliphatic rings. The van der Waals surface area contributed by atoms with Crippen molar-refractivity contribution in [2.24, 2.45) is 21.7 Å². The number of aryl methyl sites for hydroxylation is 2. The summed E-state index contributed by atoms with van der Waals surface area (Å²) in [7, 11) is 0. The van der Waals surface area contributed by atoms with Crippen molar-refractivity contribution < 1.29 is 9.59 Å². The molecule has 0 saturated carbocycles. The van der Waals surface area contributed by atoms with Crippen molar-refractivity contribution in [1.29, 1.82) is 0 Å². The van der Waals surface area contributed by atoms with Crippen molar-refractivity contribution in [3.05, 3.63) is 150 Å². The van der Waals surface area contributed by atoms with Crippen LogP contribution in [0.5, 0.6) is 0 Å². The number of hydrogen-bond donors (Lipinski definition) is 0. The molecule has 1 aromatic heterocycles. The number of carbonyl (C=O) groups excluding carboxylic acids is 2. The Morgan fingerprint density at radius 3 is 1.00 bits per heavy atom. The van der Waals surface area contributed by atoms with Crippen LogP contribution in [0.1, 0.15) is 114 Å². The van der Waals surface area contributed by atoms with Gasteiger partial charge in [-0.2, -0.15) is 0 Å². The van der Waals surface area contributed by atoms with Crippen molar-refractivity contribution in [2.75, 3.05) is 0 Å².